The monoisotopic (exact) mass is 238 g/mol. The van der Waals surface area contributed by atoms with Gasteiger partial charge in [0.05, 0.1) is 18.0 Å². The Morgan fingerprint density at radius 2 is 2.12 bits per heavy atom. The highest BCUT2D eigenvalue weighted by Gasteiger charge is 2.29. The zero-order valence-electron chi connectivity index (χ0n) is 10.4. The van der Waals surface area contributed by atoms with E-state index in [0.717, 1.165) is 12.2 Å². The van der Waals surface area contributed by atoms with Crippen LogP contribution in [0.1, 0.15) is 26.7 Å². The number of halogens is 1. The molecule has 2 N–H and O–H groups in total. The summed E-state index contributed by atoms with van der Waals surface area (Å²) in [5.41, 5.74) is 7.27. The minimum absolute atomic E-state index is 0.288. The van der Waals surface area contributed by atoms with Crippen molar-refractivity contribution in [3.8, 4) is 5.75 Å². The van der Waals surface area contributed by atoms with Crippen molar-refractivity contribution in [3.63, 3.8) is 0 Å². The second-order valence-electron chi connectivity index (χ2n) is 4.29. The summed E-state index contributed by atoms with van der Waals surface area (Å²) in [6, 6.07) is 3.63. The van der Waals surface area contributed by atoms with Crippen LogP contribution in [0.25, 0.3) is 0 Å². The largest absolute Gasteiger partial charge is 0.491 e. The molecule has 1 aliphatic rings. The molecular weight excluding hydrogens is 219 g/mol. The number of hydrogen-bond donors (Lipinski definition) is 1. The van der Waals surface area contributed by atoms with Crippen LogP contribution in [0.4, 0.5) is 15.8 Å². The van der Waals surface area contributed by atoms with Crippen LogP contribution >= 0.6 is 0 Å². The van der Waals surface area contributed by atoms with Crippen LogP contribution in [0.15, 0.2) is 12.1 Å². The fourth-order valence-corrected chi connectivity index (χ4v) is 2.08. The van der Waals surface area contributed by atoms with Crippen LogP contribution in [0, 0.1) is 5.82 Å². The summed E-state index contributed by atoms with van der Waals surface area (Å²) in [6.07, 6.45) is 2.38. The van der Waals surface area contributed by atoms with E-state index in [4.69, 9.17) is 10.5 Å². The van der Waals surface area contributed by atoms with Gasteiger partial charge in [-0.25, -0.2) is 4.39 Å². The topological polar surface area (TPSA) is 38.5 Å². The summed E-state index contributed by atoms with van der Waals surface area (Å²) < 4.78 is 18.8. The van der Waals surface area contributed by atoms with E-state index in [1.807, 2.05) is 6.92 Å². The number of nitrogen functional groups attached to an aromatic ring is 1. The van der Waals surface area contributed by atoms with Crippen LogP contribution in [0.2, 0.25) is 0 Å². The van der Waals surface area contributed by atoms with Gasteiger partial charge in [-0.1, -0.05) is 0 Å². The maximum Gasteiger partial charge on any atom is 0.167 e. The molecular formula is C13H19FN2O. The van der Waals surface area contributed by atoms with Gasteiger partial charge in [-0.2, -0.15) is 0 Å². The average Bonchev–Trinajstić information content (AvgIpc) is 3.10. The van der Waals surface area contributed by atoms with Crippen LogP contribution in [-0.4, -0.2) is 19.2 Å². The molecule has 4 heteroatoms. The van der Waals surface area contributed by atoms with Crippen molar-refractivity contribution in [2.75, 3.05) is 23.8 Å². The zero-order chi connectivity index (χ0) is 12.4. The van der Waals surface area contributed by atoms with E-state index in [9.17, 15) is 4.39 Å². The van der Waals surface area contributed by atoms with Crippen molar-refractivity contribution in [3.05, 3.63) is 17.9 Å². The van der Waals surface area contributed by atoms with E-state index >= 15 is 0 Å². The lowest BCUT2D eigenvalue weighted by molar-refractivity contribution is 0.321. The van der Waals surface area contributed by atoms with Gasteiger partial charge in [-0.3, -0.25) is 0 Å². The molecule has 0 saturated heterocycles. The Labute approximate surface area is 101 Å². The Balaban J connectivity index is 2.34. The molecule has 3 nitrogen and oxygen atoms in total. The molecule has 1 aliphatic carbocycles. The fourth-order valence-electron chi connectivity index (χ4n) is 2.08. The second-order valence-corrected chi connectivity index (χ2v) is 4.29. The average molecular weight is 238 g/mol. The molecule has 0 heterocycles. The highest BCUT2D eigenvalue weighted by molar-refractivity contribution is 5.70. The lowest BCUT2D eigenvalue weighted by atomic mass is 10.2. The fraction of sp³-hybridized carbons (Fsp3) is 0.538. The Kier molecular flexibility index (Phi) is 3.41. The summed E-state index contributed by atoms with van der Waals surface area (Å²) in [7, 11) is 0. The molecule has 1 fully saturated rings. The first-order valence-electron chi connectivity index (χ1n) is 6.15. The zero-order valence-corrected chi connectivity index (χ0v) is 10.4. The summed E-state index contributed by atoms with van der Waals surface area (Å²) >= 11 is 0. The molecule has 0 amide bonds. The molecule has 0 radical (unpaired) electrons. The first-order chi connectivity index (χ1) is 8.17. The smallest absolute Gasteiger partial charge is 0.167 e. The first kappa shape index (κ1) is 12.0. The van der Waals surface area contributed by atoms with Crippen molar-refractivity contribution in [1.29, 1.82) is 0 Å². The predicted molar refractivity (Wildman–Crippen MR) is 68.0 cm³/mol. The summed E-state index contributed by atoms with van der Waals surface area (Å²) in [5, 5.41) is 0. The Morgan fingerprint density at radius 1 is 1.41 bits per heavy atom. The summed E-state index contributed by atoms with van der Waals surface area (Å²) in [6.45, 7) is 5.26. The van der Waals surface area contributed by atoms with Gasteiger partial charge >= 0.3 is 0 Å². The van der Waals surface area contributed by atoms with Gasteiger partial charge in [-0.15, -0.1) is 0 Å². The maximum absolute atomic E-state index is 13.6. The van der Waals surface area contributed by atoms with Gasteiger partial charge in [0, 0.05) is 24.7 Å². The second kappa shape index (κ2) is 4.82. The number of nitrogens with two attached hydrogens (primary N) is 1. The van der Waals surface area contributed by atoms with Crippen LogP contribution in [-0.2, 0) is 0 Å². The van der Waals surface area contributed by atoms with Crippen molar-refractivity contribution < 1.29 is 9.13 Å². The molecule has 1 aromatic carbocycles. The van der Waals surface area contributed by atoms with Crippen molar-refractivity contribution in [2.24, 2.45) is 0 Å². The molecule has 0 unspecified atom stereocenters. The lowest BCUT2D eigenvalue weighted by Gasteiger charge is -2.25. The third-order valence-electron chi connectivity index (χ3n) is 3.02. The molecule has 0 aliphatic heterocycles. The predicted octanol–water partition coefficient (Wildman–Crippen LogP) is 2.80. The minimum Gasteiger partial charge on any atom is -0.491 e. The number of anilines is 2. The molecule has 0 atom stereocenters. The van der Waals surface area contributed by atoms with Crippen molar-refractivity contribution in [2.45, 2.75) is 32.7 Å². The molecule has 0 bridgehead atoms. The lowest BCUT2D eigenvalue weighted by Crippen LogP contribution is -2.26. The Morgan fingerprint density at radius 3 is 2.65 bits per heavy atom. The van der Waals surface area contributed by atoms with Crippen molar-refractivity contribution >= 4 is 11.4 Å². The quantitative estimate of drug-likeness (QED) is 0.802. The van der Waals surface area contributed by atoms with Gasteiger partial charge in [-0.05, 0) is 26.7 Å². The van der Waals surface area contributed by atoms with E-state index in [1.165, 1.54) is 18.9 Å². The molecule has 0 spiro atoms. The van der Waals surface area contributed by atoms with Crippen LogP contribution < -0.4 is 15.4 Å². The van der Waals surface area contributed by atoms with Gasteiger partial charge in [0.15, 0.2) is 11.6 Å². The third kappa shape index (κ3) is 2.46. The standard InChI is InChI=1S/C13H19FN2O/c1-3-16(9-5-6-9)12-8-13(17-4-2)10(14)7-11(12)15/h7-9H,3-6,15H2,1-2H3. The summed E-state index contributed by atoms with van der Waals surface area (Å²) in [4.78, 5) is 2.22. The normalized spacial score (nSPS) is 14.8. The molecule has 0 aromatic heterocycles. The highest BCUT2D eigenvalue weighted by atomic mass is 19.1. The number of hydrogen-bond acceptors (Lipinski definition) is 3. The van der Waals surface area contributed by atoms with Gasteiger partial charge in [0.25, 0.3) is 0 Å². The van der Waals surface area contributed by atoms with E-state index in [1.54, 1.807) is 6.07 Å². The summed E-state index contributed by atoms with van der Waals surface area (Å²) in [5.74, 6) is -0.101. The molecule has 94 valence electrons. The Hall–Kier alpha value is -1.45. The molecule has 2 rings (SSSR count). The van der Waals surface area contributed by atoms with Crippen LogP contribution in [0.3, 0.4) is 0 Å². The first-order valence-corrected chi connectivity index (χ1v) is 6.15. The minimum atomic E-state index is -0.389. The molecule has 17 heavy (non-hydrogen) atoms. The van der Waals surface area contributed by atoms with Gasteiger partial charge in [0.2, 0.25) is 0 Å². The number of nitrogens with zero attached hydrogens (tertiary/aromatic N) is 1. The highest BCUT2D eigenvalue weighted by Crippen LogP contribution is 2.37. The van der Waals surface area contributed by atoms with Crippen LogP contribution in [0.5, 0.6) is 5.75 Å². The molecule has 1 aromatic rings. The number of benzene rings is 1. The SMILES string of the molecule is CCOc1cc(N(CC)C2CC2)c(N)cc1F. The van der Waals surface area contributed by atoms with Crippen molar-refractivity contribution in [1.82, 2.24) is 0 Å². The maximum atomic E-state index is 13.6. The van der Waals surface area contributed by atoms with Gasteiger partial charge < -0.3 is 15.4 Å². The number of rotatable bonds is 5. The van der Waals surface area contributed by atoms with Gasteiger partial charge in [0.1, 0.15) is 0 Å². The van der Waals surface area contributed by atoms with E-state index in [2.05, 4.69) is 11.8 Å². The molecule has 1 saturated carbocycles. The van der Waals surface area contributed by atoms with E-state index in [-0.39, 0.29) is 11.6 Å². The third-order valence-corrected chi connectivity index (χ3v) is 3.02. The number of ether oxygens (including phenoxy) is 1. The Bertz CT molecular complexity index is 405. The van der Waals surface area contributed by atoms with E-state index < -0.39 is 0 Å². The van der Waals surface area contributed by atoms with E-state index in [0.29, 0.717) is 18.3 Å².